The average molecular weight is 482 g/mol. The maximum absolute atomic E-state index is 12.6. The Morgan fingerprint density at radius 1 is 1.06 bits per heavy atom. The number of pyridine rings is 1. The average Bonchev–Trinajstić information content (AvgIpc) is 3.30. The number of carbonyl (C=O) groups is 1. The van der Waals surface area contributed by atoms with Crippen molar-refractivity contribution in [2.45, 2.75) is 18.6 Å². The quantitative estimate of drug-likeness (QED) is 0.442. The fraction of sp³-hybridized carbons (Fsp3) is 0.417. The van der Waals surface area contributed by atoms with Gasteiger partial charge in [-0.05, 0) is 42.9 Å². The van der Waals surface area contributed by atoms with E-state index >= 15 is 0 Å². The number of methoxy groups -OCH3 is 1. The molecule has 34 heavy (non-hydrogen) atoms. The maximum atomic E-state index is 12.6. The van der Waals surface area contributed by atoms with E-state index in [0.29, 0.717) is 18.3 Å². The second-order valence-electron chi connectivity index (χ2n) is 7.99. The standard InChI is InChI=1S/C24H31N7O2S/c1-3-29-12-14-30(15-13-29)21-6-4-20(5-7-21)26-22(32)18-34-24-28-27-23(31(24)16-17-33-2)19-8-10-25-11-9-19/h4-11H,3,12-18H2,1-2H3,(H,26,32). The first kappa shape index (κ1) is 24.2. The zero-order valence-corrected chi connectivity index (χ0v) is 20.5. The van der Waals surface area contributed by atoms with E-state index in [2.05, 4.69) is 49.4 Å². The third-order valence-corrected chi connectivity index (χ3v) is 6.81. The summed E-state index contributed by atoms with van der Waals surface area (Å²) in [4.78, 5) is 21.5. The van der Waals surface area contributed by atoms with Gasteiger partial charge in [-0.25, -0.2) is 0 Å². The fourth-order valence-corrected chi connectivity index (χ4v) is 4.66. The van der Waals surface area contributed by atoms with Crippen LogP contribution >= 0.6 is 11.8 Å². The number of rotatable bonds is 10. The van der Waals surface area contributed by atoms with Gasteiger partial charge < -0.3 is 19.9 Å². The molecule has 1 amide bonds. The molecular weight excluding hydrogens is 450 g/mol. The number of nitrogens with one attached hydrogen (secondary N) is 1. The van der Waals surface area contributed by atoms with Crippen molar-refractivity contribution in [3.63, 3.8) is 0 Å². The van der Waals surface area contributed by atoms with Gasteiger partial charge in [-0.1, -0.05) is 18.7 Å². The van der Waals surface area contributed by atoms with E-state index in [9.17, 15) is 4.79 Å². The lowest BCUT2D eigenvalue weighted by molar-refractivity contribution is -0.113. The van der Waals surface area contributed by atoms with Crippen LogP contribution < -0.4 is 10.2 Å². The Bertz CT molecular complexity index is 1050. The first-order chi connectivity index (χ1) is 16.7. The van der Waals surface area contributed by atoms with E-state index in [1.54, 1.807) is 19.5 Å². The number of hydrogen-bond donors (Lipinski definition) is 1. The summed E-state index contributed by atoms with van der Waals surface area (Å²) in [7, 11) is 1.66. The summed E-state index contributed by atoms with van der Waals surface area (Å²) in [6.07, 6.45) is 3.45. The van der Waals surface area contributed by atoms with Crippen molar-refractivity contribution in [3.8, 4) is 11.4 Å². The van der Waals surface area contributed by atoms with Gasteiger partial charge in [0.2, 0.25) is 5.91 Å². The number of nitrogens with zero attached hydrogens (tertiary/aromatic N) is 6. The number of thioether (sulfide) groups is 1. The van der Waals surface area contributed by atoms with Crippen LogP contribution in [0.1, 0.15) is 6.92 Å². The maximum Gasteiger partial charge on any atom is 0.234 e. The van der Waals surface area contributed by atoms with E-state index < -0.39 is 0 Å². The van der Waals surface area contributed by atoms with E-state index in [1.165, 1.54) is 17.4 Å². The molecule has 1 saturated heterocycles. The van der Waals surface area contributed by atoms with Crippen molar-refractivity contribution < 1.29 is 9.53 Å². The zero-order valence-electron chi connectivity index (χ0n) is 19.7. The topological polar surface area (TPSA) is 88.4 Å². The van der Waals surface area contributed by atoms with Gasteiger partial charge in [0, 0.05) is 62.6 Å². The molecule has 1 aromatic carbocycles. The predicted molar refractivity (Wildman–Crippen MR) is 135 cm³/mol. The summed E-state index contributed by atoms with van der Waals surface area (Å²) in [5, 5.41) is 12.3. The van der Waals surface area contributed by atoms with E-state index in [-0.39, 0.29) is 11.7 Å². The largest absolute Gasteiger partial charge is 0.383 e. The lowest BCUT2D eigenvalue weighted by Gasteiger charge is -2.35. The Hall–Kier alpha value is -2.95. The van der Waals surface area contributed by atoms with Crippen LogP contribution in [0.15, 0.2) is 53.9 Å². The van der Waals surface area contributed by atoms with E-state index in [1.807, 2.05) is 28.8 Å². The number of piperazine rings is 1. The fourth-order valence-electron chi connectivity index (χ4n) is 3.90. The SMILES string of the molecule is CCN1CCN(c2ccc(NC(=O)CSc3nnc(-c4ccncc4)n3CCOC)cc2)CC1. The second kappa shape index (κ2) is 12.0. The summed E-state index contributed by atoms with van der Waals surface area (Å²) in [6, 6.07) is 11.9. The monoisotopic (exact) mass is 481 g/mol. The number of anilines is 2. The van der Waals surface area contributed by atoms with E-state index in [0.717, 1.165) is 49.8 Å². The summed E-state index contributed by atoms with van der Waals surface area (Å²) < 4.78 is 7.22. The molecule has 0 spiro atoms. The molecule has 0 saturated carbocycles. The van der Waals surface area contributed by atoms with Crippen LogP contribution in [0, 0.1) is 0 Å². The Morgan fingerprint density at radius 2 is 1.79 bits per heavy atom. The molecule has 180 valence electrons. The van der Waals surface area contributed by atoms with Crippen LogP contribution in [-0.2, 0) is 16.1 Å². The molecule has 0 radical (unpaired) electrons. The molecule has 1 N–H and O–H groups in total. The summed E-state index contributed by atoms with van der Waals surface area (Å²) in [5.41, 5.74) is 2.91. The Labute approximate surface area is 204 Å². The van der Waals surface area contributed by atoms with Crippen LogP contribution in [0.25, 0.3) is 11.4 Å². The predicted octanol–water partition coefficient (Wildman–Crippen LogP) is 2.86. The molecule has 0 atom stereocenters. The number of likely N-dealkylation sites (N-methyl/N-ethyl adjacent to an activating group) is 1. The number of benzene rings is 1. The number of amides is 1. The highest BCUT2D eigenvalue weighted by molar-refractivity contribution is 7.99. The molecule has 1 fully saturated rings. The summed E-state index contributed by atoms with van der Waals surface area (Å²) in [6.45, 7) is 8.66. The molecule has 2 aromatic heterocycles. The Morgan fingerprint density at radius 3 is 2.47 bits per heavy atom. The molecule has 3 aromatic rings. The van der Waals surface area contributed by atoms with Crippen LogP contribution in [0.2, 0.25) is 0 Å². The van der Waals surface area contributed by atoms with Crippen LogP contribution in [0.4, 0.5) is 11.4 Å². The van der Waals surface area contributed by atoms with Gasteiger partial charge in [0.1, 0.15) is 0 Å². The molecular formula is C24H31N7O2S. The van der Waals surface area contributed by atoms with Gasteiger partial charge in [-0.3, -0.25) is 14.3 Å². The smallest absolute Gasteiger partial charge is 0.234 e. The highest BCUT2D eigenvalue weighted by Gasteiger charge is 2.17. The number of hydrogen-bond acceptors (Lipinski definition) is 8. The number of carbonyl (C=O) groups excluding carboxylic acids is 1. The number of aromatic nitrogens is 4. The molecule has 0 unspecified atom stereocenters. The van der Waals surface area contributed by atoms with Gasteiger partial charge in [-0.2, -0.15) is 0 Å². The van der Waals surface area contributed by atoms with Crippen LogP contribution in [0.3, 0.4) is 0 Å². The van der Waals surface area contributed by atoms with Gasteiger partial charge in [0.25, 0.3) is 0 Å². The van der Waals surface area contributed by atoms with Gasteiger partial charge in [0.15, 0.2) is 11.0 Å². The number of ether oxygens (including phenoxy) is 1. The first-order valence-corrected chi connectivity index (χ1v) is 12.5. The van der Waals surface area contributed by atoms with Crippen molar-refractivity contribution in [2.75, 3.05) is 62.4 Å². The zero-order chi connectivity index (χ0) is 23.8. The first-order valence-electron chi connectivity index (χ1n) is 11.5. The molecule has 1 aliphatic rings. The molecule has 3 heterocycles. The van der Waals surface area contributed by atoms with Crippen LogP contribution in [0.5, 0.6) is 0 Å². The van der Waals surface area contributed by atoms with Crippen molar-refractivity contribution in [2.24, 2.45) is 0 Å². The van der Waals surface area contributed by atoms with Crippen LogP contribution in [-0.4, -0.2) is 82.7 Å². The minimum absolute atomic E-state index is 0.0823. The third kappa shape index (κ3) is 6.13. The summed E-state index contributed by atoms with van der Waals surface area (Å²) >= 11 is 1.36. The lowest BCUT2D eigenvalue weighted by Crippen LogP contribution is -2.46. The lowest BCUT2D eigenvalue weighted by atomic mass is 10.2. The molecule has 4 rings (SSSR count). The van der Waals surface area contributed by atoms with Crippen molar-refractivity contribution in [3.05, 3.63) is 48.8 Å². The molecule has 0 aliphatic carbocycles. The van der Waals surface area contributed by atoms with E-state index in [4.69, 9.17) is 4.74 Å². The minimum Gasteiger partial charge on any atom is -0.383 e. The minimum atomic E-state index is -0.0823. The van der Waals surface area contributed by atoms with Gasteiger partial charge >= 0.3 is 0 Å². The van der Waals surface area contributed by atoms with Gasteiger partial charge in [-0.15, -0.1) is 10.2 Å². The molecule has 1 aliphatic heterocycles. The van der Waals surface area contributed by atoms with Crippen molar-refractivity contribution in [1.29, 1.82) is 0 Å². The second-order valence-corrected chi connectivity index (χ2v) is 8.93. The third-order valence-electron chi connectivity index (χ3n) is 5.84. The molecule has 9 nitrogen and oxygen atoms in total. The summed E-state index contributed by atoms with van der Waals surface area (Å²) in [5.74, 6) is 0.890. The van der Waals surface area contributed by atoms with Gasteiger partial charge in [0.05, 0.1) is 18.9 Å². The van der Waals surface area contributed by atoms with Crippen molar-refractivity contribution in [1.82, 2.24) is 24.6 Å². The Kier molecular flexibility index (Phi) is 8.51. The Balaban J connectivity index is 1.34. The molecule has 0 bridgehead atoms. The molecule has 10 heteroatoms. The van der Waals surface area contributed by atoms with Crippen molar-refractivity contribution >= 4 is 29.0 Å². The normalized spacial score (nSPS) is 14.4. The highest BCUT2D eigenvalue weighted by Crippen LogP contribution is 2.24. The highest BCUT2D eigenvalue weighted by atomic mass is 32.2.